The van der Waals surface area contributed by atoms with Gasteiger partial charge in [-0.3, -0.25) is 24.2 Å². The monoisotopic (exact) mass is 1130 g/mol. The Morgan fingerprint density at radius 1 is 0.388 bits per heavy atom. The van der Waals surface area contributed by atoms with Crippen LogP contribution in [0.1, 0.15) is 63.3 Å². The summed E-state index contributed by atoms with van der Waals surface area (Å²) in [5, 5.41) is 2.61. The highest BCUT2D eigenvalue weighted by Gasteiger charge is 2.21. The first-order valence-corrected chi connectivity index (χ1v) is 30.0. The normalized spacial score (nSPS) is 15.2. The van der Waals surface area contributed by atoms with Crippen molar-refractivity contribution in [2.45, 2.75) is 33.2 Å². The Kier molecular flexibility index (Phi) is 18.1. The average Bonchev–Trinajstić information content (AvgIpc) is 4.47. The Hall–Kier alpha value is -9.15. The number of unbranched alkanes of at least 4 members (excludes halogenated alkanes) is 1. The number of aromatic nitrogens is 3. The molecule has 3 aliphatic rings. The smallest absolute Gasteiger partial charge is 0.249 e. The molecule has 9 N–H and O–H groups in total. The molecule has 15 heteroatoms. The van der Waals surface area contributed by atoms with Crippen molar-refractivity contribution in [1.29, 1.82) is 0 Å². The molecule has 3 fully saturated rings. The van der Waals surface area contributed by atoms with Crippen LogP contribution in [-0.4, -0.2) is 139 Å². The van der Waals surface area contributed by atoms with E-state index in [1.165, 1.54) is 42.0 Å². The van der Waals surface area contributed by atoms with E-state index in [1.54, 1.807) is 18.2 Å². The predicted octanol–water partition coefficient (Wildman–Crippen LogP) is 11.2. The van der Waals surface area contributed by atoms with Gasteiger partial charge in [-0.05, 0) is 133 Å². The van der Waals surface area contributed by atoms with E-state index in [0.29, 0.717) is 16.7 Å². The number of benzene rings is 7. The van der Waals surface area contributed by atoms with E-state index in [0.717, 1.165) is 158 Å². The molecule has 0 saturated carbocycles. The Morgan fingerprint density at radius 2 is 0.729 bits per heavy atom. The zero-order valence-electron chi connectivity index (χ0n) is 48.9. The van der Waals surface area contributed by atoms with E-state index in [9.17, 15) is 14.4 Å². The molecule has 85 heavy (non-hydrogen) atoms. The minimum Gasteiger partial charge on any atom is -0.369 e. The van der Waals surface area contributed by atoms with Gasteiger partial charge in [0.05, 0.1) is 0 Å². The first kappa shape index (κ1) is 57.7. The third kappa shape index (κ3) is 13.6. The number of fused-ring (bicyclic) bond motifs is 3. The molecule has 6 heterocycles. The number of primary amides is 3. The van der Waals surface area contributed by atoms with Crippen LogP contribution in [0.4, 0.5) is 17.1 Å². The van der Waals surface area contributed by atoms with Crippen molar-refractivity contribution in [2.75, 3.05) is 106 Å². The maximum absolute atomic E-state index is 11.7. The number of anilines is 3. The summed E-state index contributed by atoms with van der Waals surface area (Å²) in [4.78, 5) is 60.1. The lowest BCUT2D eigenvalue weighted by molar-refractivity contribution is 0.0993. The molecule has 0 atom stereocenters. The van der Waals surface area contributed by atoms with Crippen molar-refractivity contribution in [1.82, 2.24) is 29.7 Å². The van der Waals surface area contributed by atoms with Crippen LogP contribution in [0.3, 0.4) is 0 Å². The zero-order valence-corrected chi connectivity index (χ0v) is 48.9. The molecule has 0 bridgehead atoms. The highest BCUT2D eigenvalue weighted by molar-refractivity contribution is 6.08. The number of nitrogens with two attached hydrogens (primary N) is 3. The van der Waals surface area contributed by atoms with Crippen molar-refractivity contribution < 1.29 is 14.4 Å². The van der Waals surface area contributed by atoms with Crippen LogP contribution in [-0.2, 0) is 6.54 Å². The Labute approximate surface area is 498 Å². The number of piperazine rings is 3. The van der Waals surface area contributed by atoms with Crippen molar-refractivity contribution in [3.8, 4) is 33.8 Å². The van der Waals surface area contributed by atoms with E-state index in [4.69, 9.17) is 17.2 Å². The van der Waals surface area contributed by atoms with Gasteiger partial charge in [0.1, 0.15) is 0 Å². The van der Waals surface area contributed by atoms with Gasteiger partial charge in [0.25, 0.3) is 0 Å². The Morgan fingerprint density at radius 3 is 1.06 bits per heavy atom. The number of nitrogens with one attached hydrogen (secondary N) is 3. The number of H-pyrrole nitrogens is 3. The number of hydrogen-bond donors (Lipinski definition) is 6. The molecule has 0 aliphatic carbocycles. The first-order chi connectivity index (χ1) is 41.5. The van der Waals surface area contributed by atoms with Gasteiger partial charge in [0.2, 0.25) is 17.7 Å². The molecule has 3 saturated heterocycles. The molecule has 3 aliphatic heterocycles. The molecule has 7 aromatic carbocycles. The molecule has 13 rings (SSSR count). The maximum atomic E-state index is 11.7. The SMILES string of the molecule is CCCCN1CCN(c2ccc(-c3cc4c(C(N)=O)cccc4[nH]3)cc2)CC1.CCN1CCN(c2ccc(-c3cc4c(C(N)=O)cccc4[nH]3)cc2)CC1.NC(=O)c1cccc2[nH]c(-c3ccc(N4CCN(Cc5ccccc5)CC4)cc3)cc12. The van der Waals surface area contributed by atoms with E-state index in [-0.39, 0.29) is 0 Å². The second kappa shape index (κ2) is 26.6. The average molecular weight is 1140 g/mol. The molecule has 0 spiro atoms. The lowest BCUT2D eigenvalue weighted by Crippen LogP contribution is -2.46. The fraction of sp³-hybridized carbons (Fsp3) is 0.271. The van der Waals surface area contributed by atoms with Crippen molar-refractivity contribution in [3.63, 3.8) is 0 Å². The fourth-order valence-electron chi connectivity index (χ4n) is 12.1. The molecule has 3 aromatic heterocycles. The van der Waals surface area contributed by atoms with Crippen LogP contribution < -0.4 is 31.9 Å². The van der Waals surface area contributed by atoms with Crippen LogP contribution in [0.25, 0.3) is 66.5 Å². The quantitative estimate of drug-likeness (QED) is 0.0579. The van der Waals surface area contributed by atoms with Crippen LogP contribution >= 0.6 is 0 Å². The third-order valence-electron chi connectivity index (χ3n) is 17.1. The van der Waals surface area contributed by atoms with Gasteiger partial charge in [-0.25, -0.2) is 0 Å². The highest BCUT2D eigenvalue weighted by Crippen LogP contribution is 2.32. The number of rotatable bonds is 15. The van der Waals surface area contributed by atoms with Gasteiger partial charge >= 0.3 is 0 Å². The standard InChI is InChI=1S/C26H26N4O.C23H28N4O.C21H24N4O/c27-26(31)22-7-4-8-24-23(22)17-25(28-24)20-9-11-21(12-10-20)30-15-13-29(14-16-30)18-19-5-2-1-3-6-19;1-2-3-11-26-12-14-27(15-13-26)18-9-7-17(8-10-18)22-16-20-19(23(24)28)5-4-6-21(20)25-22;1-2-24-10-12-25(13-11-24)16-8-6-15(7-9-16)20-14-18-17(21(22)26)4-3-5-19(18)23-20/h1-12,17,28H,13-16,18H2,(H2,27,31);4-10,16,25H,2-3,11-15H2,1H3,(H2,24,28);3-9,14,23H,2,10-13H2,1H3,(H2,22,26). The number of likely N-dealkylation sites (N-methyl/N-ethyl adjacent to an activating group) is 1. The van der Waals surface area contributed by atoms with Crippen molar-refractivity contribution >= 4 is 67.5 Å². The van der Waals surface area contributed by atoms with Gasteiger partial charge in [-0.15, -0.1) is 0 Å². The molecule has 3 amide bonds. The summed E-state index contributed by atoms with van der Waals surface area (Å²) < 4.78 is 0. The summed E-state index contributed by atoms with van der Waals surface area (Å²) in [6.45, 7) is 20.8. The first-order valence-electron chi connectivity index (χ1n) is 30.0. The number of aromatic amines is 3. The summed E-state index contributed by atoms with van der Waals surface area (Å²) in [7, 11) is 0. The molecule has 0 unspecified atom stereocenters. The molecular formula is C70H78N12O3. The second-order valence-corrected chi connectivity index (χ2v) is 22.4. The van der Waals surface area contributed by atoms with Gasteiger partial charge in [-0.1, -0.05) is 105 Å². The largest absolute Gasteiger partial charge is 0.369 e. The minimum absolute atomic E-state index is 0.399. The predicted molar refractivity (Wildman–Crippen MR) is 349 cm³/mol. The van der Waals surface area contributed by atoms with Gasteiger partial charge in [0, 0.05) is 169 Å². The Bertz CT molecular complexity index is 3860. The number of carbonyl (C=O) groups excluding carboxylic acids is 3. The minimum atomic E-state index is -0.405. The van der Waals surface area contributed by atoms with Crippen LogP contribution in [0, 0.1) is 0 Å². The number of hydrogen-bond acceptors (Lipinski definition) is 9. The third-order valence-corrected chi connectivity index (χ3v) is 17.1. The zero-order chi connectivity index (χ0) is 58.8. The number of nitrogens with zero attached hydrogens (tertiary/aromatic N) is 6. The van der Waals surface area contributed by atoms with Crippen LogP contribution in [0.2, 0.25) is 0 Å². The lowest BCUT2D eigenvalue weighted by Gasteiger charge is -2.36. The summed E-state index contributed by atoms with van der Waals surface area (Å²) in [5.74, 6) is -1.20. The molecular weight excluding hydrogens is 1060 g/mol. The second-order valence-electron chi connectivity index (χ2n) is 22.4. The van der Waals surface area contributed by atoms with Crippen molar-refractivity contribution in [3.05, 3.63) is 198 Å². The van der Waals surface area contributed by atoms with E-state index >= 15 is 0 Å². The van der Waals surface area contributed by atoms with Gasteiger partial charge in [-0.2, -0.15) is 0 Å². The summed E-state index contributed by atoms with van der Waals surface area (Å²) in [6.07, 6.45) is 2.55. The van der Waals surface area contributed by atoms with Crippen molar-refractivity contribution in [2.24, 2.45) is 17.2 Å². The van der Waals surface area contributed by atoms with Crippen LogP contribution in [0.5, 0.6) is 0 Å². The topological polar surface area (TPSA) is 196 Å². The molecule has 15 nitrogen and oxygen atoms in total. The lowest BCUT2D eigenvalue weighted by atomic mass is 10.1. The molecule has 0 radical (unpaired) electrons. The van der Waals surface area contributed by atoms with E-state index < -0.39 is 17.7 Å². The molecule has 436 valence electrons. The summed E-state index contributed by atoms with van der Waals surface area (Å²) in [5.41, 5.74) is 32.4. The van der Waals surface area contributed by atoms with Crippen LogP contribution in [0.15, 0.2) is 176 Å². The number of amides is 3. The van der Waals surface area contributed by atoms with E-state index in [2.05, 4.69) is 161 Å². The van der Waals surface area contributed by atoms with Gasteiger partial charge < -0.3 is 51.8 Å². The van der Waals surface area contributed by atoms with E-state index in [1.807, 2.05) is 54.6 Å². The maximum Gasteiger partial charge on any atom is 0.249 e. The summed E-state index contributed by atoms with van der Waals surface area (Å²) >= 11 is 0. The fourth-order valence-corrected chi connectivity index (χ4v) is 12.1. The highest BCUT2D eigenvalue weighted by atomic mass is 16.2. The molecule has 10 aromatic rings. The number of carbonyl (C=O) groups is 3. The Balaban J connectivity index is 0.000000133. The summed E-state index contributed by atoms with van der Waals surface area (Å²) in [6, 6.07) is 59.4. The van der Waals surface area contributed by atoms with Gasteiger partial charge in [0.15, 0.2) is 0 Å².